The third-order valence-electron chi connectivity index (χ3n) is 5.59. The van der Waals surface area contributed by atoms with E-state index in [1.54, 1.807) is 24.3 Å². The predicted octanol–water partition coefficient (Wildman–Crippen LogP) is -2.06. The van der Waals surface area contributed by atoms with Crippen LogP contribution in [0.3, 0.4) is 0 Å². The van der Waals surface area contributed by atoms with Crippen molar-refractivity contribution in [1.29, 1.82) is 0 Å². The van der Waals surface area contributed by atoms with E-state index in [1.165, 1.54) is 4.90 Å². The molecule has 1 aromatic carbocycles. The van der Waals surface area contributed by atoms with Gasteiger partial charge in [0.1, 0.15) is 6.04 Å². The summed E-state index contributed by atoms with van der Waals surface area (Å²) in [5.74, 6) is -2.92. The van der Waals surface area contributed by atoms with Crippen molar-refractivity contribution in [2.24, 2.45) is 10.7 Å². The van der Waals surface area contributed by atoms with Gasteiger partial charge in [-0.05, 0) is 19.1 Å². The number of benzene rings is 1. The van der Waals surface area contributed by atoms with Crippen LogP contribution in [0.5, 0.6) is 0 Å². The Morgan fingerprint density at radius 1 is 1.43 bits per heavy atom. The van der Waals surface area contributed by atoms with E-state index in [2.05, 4.69) is 22.2 Å². The molecule has 10 nitrogen and oxygen atoms in total. The van der Waals surface area contributed by atoms with Gasteiger partial charge in [-0.25, -0.2) is 9.79 Å². The van der Waals surface area contributed by atoms with E-state index in [0.29, 0.717) is 5.82 Å². The fourth-order valence-corrected chi connectivity index (χ4v) is 4.19. The van der Waals surface area contributed by atoms with E-state index in [-0.39, 0.29) is 24.7 Å². The number of esters is 1. The van der Waals surface area contributed by atoms with E-state index < -0.39 is 35.6 Å². The molecular weight excluding hydrogens is 366 g/mol. The van der Waals surface area contributed by atoms with Gasteiger partial charge in [-0.3, -0.25) is 0 Å². The lowest BCUT2D eigenvalue weighted by molar-refractivity contribution is -0.257. The Bertz CT molecular complexity index is 854. The zero-order valence-corrected chi connectivity index (χ0v) is 15.3. The highest BCUT2D eigenvalue weighted by atomic mass is 16.6. The Balaban J connectivity index is 1.68. The molecule has 3 heterocycles. The number of hydrogen-bond donors (Lipinski definition) is 6. The van der Waals surface area contributed by atoms with Gasteiger partial charge >= 0.3 is 5.97 Å². The van der Waals surface area contributed by atoms with Crippen LogP contribution >= 0.6 is 0 Å². The highest BCUT2D eigenvalue weighted by Gasteiger charge is 2.74. The van der Waals surface area contributed by atoms with Gasteiger partial charge in [-0.2, -0.15) is 0 Å². The molecule has 150 valence electrons. The smallest absolute Gasteiger partial charge is 0.338 e. The van der Waals surface area contributed by atoms with Gasteiger partial charge in [-0.1, -0.05) is 24.3 Å². The Morgan fingerprint density at radius 3 is 2.75 bits per heavy atom. The number of hydrogen-bond acceptors (Lipinski definition) is 10. The molecule has 1 spiro atoms. The number of nitrogens with two attached hydrogens (primary N) is 1. The molecule has 0 radical (unpaired) electrons. The molecule has 0 amide bonds. The molecule has 0 aromatic heterocycles. The van der Waals surface area contributed by atoms with E-state index >= 15 is 0 Å². The average molecular weight is 389 g/mol. The van der Waals surface area contributed by atoms with E-state index in [1.807, 2.05) is 6.92 Å². The zero-order valence-electron chi connectivity index (χ0n) is 15.3. The normalized spacial score (nSPS) is 32.7. The number of ether oxygens (including phenoxy) is 1. The van der Waals surface area contributed by atoms with Crippen molar-refractivity contribution in [2.45, 2.75) is 36.6 Å². The molecule has 3 aliphatic rings. The van der Waals surface area contributed by atoms with Crippen molar-refractivity contribution in [2.75, 3.05) is 13.2 Å². The minimum atomic E-state index is -2.54. The van der Waals surface area contributed by atoms with Crippen LogP contribution in [-0.4, -0.2) is 74.9 Å². The molecule has 7 N–H and O–H groups in total. The van der Waals surface area contributed by atoms with Crippen molar-refractivity contribution in [3.05, 3.63) is 47.8 Å². The van der Waals surface area contributed by atoms with Crippen molar-refractivity contribution < 1.29 is 24.9 Å². The molecule has 2 saturated heterocycles. The fourth-order valence-electron chi connectivity index (χ4n) is 4.19. The molecule has 3 aliphatic heterocycles. The number of aryl methyl sites for hydroxylation is 1. The summed E-state index contributed by atoms with van der Waals surface area (Å²) in [6, 6.07) is 5.23. The van der Waals surface area contributed by atoms with Crippen molar-refractivity contribution in [3.63, 3.8) is 0 Å². The Morgan fingerprint density at radius 2 is 2.11 bits per heavy atom. The van der Waals surface area contributed by atoms with Crippen LogP contribution < -0.4 is 16.4 Å². The minimum Gasteiger partial charge on any atom is -0.451 e. The maximum atomic E-state index is 12.5. The number of aliphatic hydroxyl groups is 3. The Labute approximate surface area is 161 Å². The summed E-state index contributed by atoms with van der Waals surface area (Å²) >= 11 is 0. The first kappa shape index (κ1) is 18.5. The van der Waals surface area contributed by atoms with Gasteiger partial charge in [-0.15, -0.1) is 0 Å². The molecule has 0 saturated carbocycles. The standard InChI is InChI=1S/C18H23N5O5/c1-9-3-5-11(6-4-9)15(25)28-13-7-23-16(19)21-12(8-24)14-17(23,18(13,26)27)22-10(2)20-14/h3-6,12-14,20,22,24,26-27H,2,7-8H2,1H3,(H2,19,21)/t12-,13-,14-,17-/m0/s1. The molecule has 4 atom stereocenters. The van der Waals surface area contributed by atoms with E-state index in [9.17, 15) is 20.1 Å². The summed E-state index contributed by atoms with van der Waals surface area (Å²) in [5.41, 5.74) is 5.70. The summed E-state index contributed by atoms with van der Waals surface area (Å²) in [4.78, 5) is 18.2. The third-order valence-corrected chi connectivity index (χ3v) is 5.59. The van der Waals surface area contributed by atoms with Gasteiger partial charge in [0.25, 0.3) is 0 Å². The van der Waals surface area contributed by atoms with Crippen LogP contribution in [0.2, 0.25) is 0 Å². The van der Waals surface area contributed by atoms with E-state index in [0.717, 1.165) is 5.56 Å². The lowest BCUT2D eigenvalue weighted by atomic mass is 9.86. The highest BCUT2D eigenvalue weighted by Crippen LogP contribution is 2.45. The molecule has 0 aliphatic carbocycles. The van der Waals surface area contributed by atoms with Crippen LogP contribution in [0.25, 0.3) is 0 Å². The topological polar surface area (TPSA) is 153 Å². The van der Waals surface area contributed by atoms with Crippen molar-refractivity contribution in [3.8, 4) is 0 Å². The lowest BCUT2D eigenvalue weighted by Gasteiger charge is -2.48. The second-order valence-electron chi connectivity index (χ2n) is 7.33. The summed E-state index contributed by atoms with van der Waals surface area (Å²) in [6.45, 7) is 5.20. The molecular formula is C18H23N5O5. The van der Waals surface area contributed by atoms with Gasteiger partial charge in [0.05, 0.1) is 30.6 Å². The Kier molecular flexibility index (Phi) is 4.03. The van der Waals surface area contributed by atoms with Gasteiger partial charge < -0.3 is 41.3 Å². The number of carbonyl (C=O) groups is 1. The number of nitrogens with zero attached hydrogens (tertiary/aromatic N) is 2. The molecule has 10 heteroatoms. The first-order chi connectivity index (χ1) is 13.2. The number of nitrogens with one attached hydrogen (secondary N) is 2. The molecule has 0 unspecified atom stereocenters. The molecule has 4 rings (SSSR count). The minimum absolute atomic E-state index is 0.000611. The molecule has 2 fully saturated rings. The quantitative estimate of drug-likeness (QED) is 0.253. The predicted molar refractivity (Wildman–Crippen MR) is 98.7 cm³/mol. The largest absolute Gasteiger partial charge is 0.451 e. The maximum Gasteiger partial charge on any atom is 0.338 e. The number of carbonyl (C=O) groups excluding carboxylic acids is 1. The maximum absolute atomic E-state index is 12.5. The molecule has 28 heavy (non-hydrogen) atoms. The molecule has 0 bridgehead atoms. The highest BCUT2D eigenvalue weighted by molar-refractivity contribution is 5.89. The Hall–Kier alpha value is -2.82. The summed E-state index contributed by atoms with van der Waals surface area (Å²) in [7, 11) is 0. The number of guanidine groups is 1. The van der Waals surface area contributed by atoms with Crippen LogP contribution in [0.1, 0.15) is 15.9 Å². The van der Waals surface area contributed by atoms with Gasteiger partial charge in [0, 0.05) is 0 Å². The zero-order chi connectivity index (χ0) is 20.3. The second kappa shape index (κ2) is 6.09. The van der Waals surface area contributed by atoms with Crippen LogP contribution in [0.4, 0.5) is 0 Å². The SMILES string of the molecule is C=C1N[C@H]2[C@H](CO)N=C(N)N3C[C@H](OC(=O)c4ccc(C)cc4)C(O)(O)[C@]23N1. The fraction of sp³-hybridized carbons (Fsp3) is 0.444. The molecule has 1 aromatic rings. The van der Waals surface area contributed by atoms with Gasteiger partial charge in [0.2, 0.25) is 5.79 Å². The summed E-state index contributed by atoms with van der Waals surface area (Å²) < 4.78 is 5.45. The first-order valence-electron chi connectivity index (χ1n) is 8.88. The second-order valence-corrected chi connectivity index (χ2v) is 7.33. The number of aliphatic imine (C=N–C) groups is 1. The van der Waals surface area contributed by atoms with Gasteiger partial charge in [0.15, 0.2) is 17.7 Å². The average Bonchev–Trinajstić information content (AvgIpc) is 3.11. The van der Waals surface area contributed by atoms with Crippen LogP contribution in [0, 0.1) is 6.92 Å². The number of rotatable bonds is 3. The monoisotopic (exact) mass is 389 g/mol. The lowest BCUT2D eigenvalue weighted by Crippen LogP contribution is -2.77. The van der Waals surface area contributed by atoms with Crippen molar-refractivity contribution in [1.82, 2.24) is 15.5 Å². The summed E-state index contributed by atoms with van der Waals surface area (Å²) in [6.07, 6.45) is -1.32. The number of aliphatic hydroxyl groups excluding tert-OH is 1. The van der Waals surface area contributed by atoms with Crippen molar-refractivity contribution >= 4 is 11.9 Å². The van der Waals surface area contributed by atoms with Crippen LogP contribution in [-0.2, 0) is 4.74 Å². The van der Waals surface area contributed by atoms with E-state index in [4.69, 9.17) is 10.5 Å². The third kappa shape index (κ3) is 2.38. The first-order valence-corrected chi connectivity index (χ1v) is 8.88. The summed E-state index contributed by atoms with van der Waals surface area (Å²) in [5, 5.41) is 37.8. The van der Waals surface area contributed by atoms with Crippen LogP contribution in [0.15, 0.2) is 41.7 Å².